The van der Waals surface area contributed by atoms with Crippen LogP contribution in [0.4, 0.5) is 0 Å². The number of ether oxygens (including phenoxy) is 1. The summed E-state index contributed by atoms with van der Waals surface area (Å²) in [7, 11) is 1.93. The molecule has 1 aliphatic heterocycles. The van der Waals surface area contributed by atoms with Crippen LogP contribution in [0.1, 0.15) is 24.7 Å². The molecule has 0 amide bonds. The summed E-state index contributed by atoms with van der Waals surface area (Å²) in [6.45, 7) is 3.66. The van der Waals surface area contributed by atoms with Gasteiger partial charge in [-0.2, -0.15) is 5.10 Å². The van der Waals surface area contributed by atoms with Crippen LogP contribution in [-0.4, -0.2) is 29.0 Å². The van der Waals surface area contributed by atoms with Crippen molar-refractivity contribution in [1.82, 2.24) is 9.78 Å². The number of rotatable bonds is 4. The zero-order valence-electron chi connectivity index (χ0n) is 10.4. The fourth-order valence-electron chi connectivity index (χ4n) is 2.32. The lowest BCUT2D eigenvalue weighted by molar-refractivity contribution is 0.180. The molecule has 2 unspecified atom stereocenters. The highest BCUT2D eigenvalue weighted by atomic mass is 35.5. The van der Waals surface area contributed by atoms with Gasteiger partial charge in [0, 0.05) is 26.1 Å². The maximum atomic E-state index is 6.31. The van der Waals surface area contributed by atoms with E-state index in [1.54, 1.807) is 0 Å². The lowest BCUT2D eigenvalue weighted by atomic mass is 9.95. The normalized spacial score (nSPS) is 22.0. The molecule has 0 aromatic carbocycles. The fourth-order valence-corrected chi connectivity index (χ4v) is 2.69. The van der Waals surface area contributed by atoms with Crippen molar-refractivity contribution in [2.24, 2.45) is 18.7 Å². The van der Waals surface area contributed by atoms with Gasteiger partial charge in [-0.3, -0.25) is 4.68 Å². The standard InChI is InChI=1S/C12H20ClN3O/c1-3-10-12(13)11(16(2)15-10)6-9(14)8-4-5-17-7-8/h8-9H,3-7,14H2,1-2H3. The molecule has 2 heterocycles. The first kappa shape index (κ1) is 12.9. The molecule has 2 atom stereocenters. The molecule has 1 saturated heterocycles. The second kappa shape index (κ2) is 5.38. The van der Waals surface area contributed by atoms with Crippen LogP contribution < -0.4 is 5.73 Å². The zero-order valence-corrected chi connectivity index (χ0v) is 11.2. The summed E-state index contributed by atoms with van der Waals surface area (Å²) in [5.74, 6) is 0.450. The number of aromatic nitrogens is 2. The molecule has 1 aromatic rings. The SMILES string of the molecule is CCc1nn(C)c(CC(N)C2CCOC2)c1Cl. The van der Waals surface area contributed by atoms with Gasteiger partial charge in [0.1, 0.15) is 0 Å². The number of aryl methyl sites for hydroxylation is 2. The summed E-state index contributed by atoms with van der Waals surface area (Å²) in [5, 5.41) is 5.19. The van der Waals surface area contributed by atoms with E-state index in [0.29, 0.717) is 5.92 Å². The summed E-state index contributed by atoms with van der Waals surface area (Å²) in [5.41, 5.74) is 8.22. The van der Waals surface area contributed by atoms with Crippen molar-refractivity contribution in [2.45, 2.75) is 32.2 Å². The molecule has 0 bridgehead atoms. The summed E-state index contributed by atoms with van der Waals surface area (Å²) in [6, 6.07) is 0.107. The molecule has 1 aliphatic rings. The fraction of sp³-hybridized carbons (Fsp3) is 0.750. The number of nitrogens with two attached hydrogens (primary N) is 1. The Balaban J connectivity index is 2.09. The maximum absolute atomic E-state index is 6.31. The largest absolute Gasteiger partial charge is 0.381 e. The van der Waals surface area contributed by atoms with Crippen LogP contribution in [0.25, 0.3) is 0 Å². The molecular weight excluding hydrogens is 238 g/mol. The number of nitrogens with zero attached hydrogens (tertiary/aromatic N) is 2. The predicted molar refractivity (Wildman–Crippen MR) is 68.2 cm³/mol. The van der Waals surface area contributed by atoms with Crippen LogP contribution in [-0.2, 0) is 24.6 Å². The Hall–Kier alpha value is -0.580. The first-order valence-corrected chi connectivity index (χ1v) is 6.54. The van der Waals surface area contributed by atoms with Crippen LogP contribution in [0.2, 0.25) is 5.02 Å². The van der Waals surface area contributed by atoms with Crippen LogP contribution >= 0.6 is 11.6 Å². The molecule has 96 valence electrons. The number of halogens is 1. The average molecular weight is 258 g/mol. The Kier molecular flexibility index (Phi) is 4.07. The lowest BCUT2D eigenvalue weighted by Gasteiger charge is -2.17. The lowest BCUT2D eigenvalue weighted by Crippen LogP contribution is -2.33. The number of hydrogen-bond donors (Lipinski definition) is 1. The minimum atomic E-state index is 0.107. The minimum Gasteiger partial charge on any atom is -0.381 e. The smallest absolute Gasteiger partial charge is 0.0850 e. The van der Waals surface area contributed by atoms with Crippen molar-refractivity contribution >= 4 is 11.6 Å². The maximum Gasteiger partial charge on any atom is 0.0850 e. The van der Waals surface area contributed by atoms with Gasteiger partial charge in [0.2, 0.25) is 0 Å². The molecule has 2 rings (SSSR count). The highest BCUT2D eigenvalue weighted by Crippen LogP contribution is 2.25. The summed E-state index contributed by atoms with van der Waals surface area (Å²) < 4.78 is 7.23. The Morgan fingerprint density at radius 1 is 1.65 bits per heavy atom. The van der Waals surface area contributed by atoms with E-state index < -0.39 is 0 Å². The van der Waals surface area contributed by atoms with Gasteiger partial charge in [-0.15, -0.1) is 0 Å². The van der Waals surface area contributed by atoms with E-state index in [0.717, 1.165) is 48.9 Å². The minimum absolute atomic E-state index is 0.107. The van der Waals surface area contributed by atoms with E-state index in [-0.39, 0.29) is 6.04 Å². The number of hydrogen-bond acceptors (Lipinski definition) is 3. The molecule has 1 aromatic heterocycles. The van der Waals surface area contributed by atoms with Crippen LogP contribution in [0.5, 0.6) is 0 Å². The molecule has 4 nitrogen and oxygen atoms in total. The van der Waals surface area contributed by atoms with Crippen molar-refractivity contribution in [1.29, 1.82) is 0 Å². The predicted octanol–water partition coefficient (Wildman–Crippen LogP) is 1.54. The van der Waals surface area contributed by atoms with Gasteiger partial charge < -0.3 is 10.5 Å². The monoisotopic (exact) mass is 257 g/mol. The molecule has 0 spiro atoms. The van der Waals surface area contributed by atoms with E-state index in [1.807, 2.05) is 11.7 Å². The van der Waals surface area contributed by atoms with Gasteiger partial charge in [0.15, 0.2) is 0 Å². The molecule has 5 heteroatoms. The molecular formula is C12H20ClN3O. The third kappa shape index (κ3) is 2.64. The van der Waals surface area contributed by atoms with Crippen LogP contribution in [0.3, 0.4) is 0 Å². The highest BCUT2D eigenvalue weighted by Gasteiger charge is 2.25. The quantitative estimate of drug-likeness (QED) is 0.890. The highest BCUT2D eigenvalue weighted by molar-refractivity contribution is 6.31. The van der Waals surface area contributed by atoms with Crippen molar-refractivity contribution in [3.63, 3.8) is 0 Å². The molecule has 0 aliphatic carbocycles. The van der Waals surface area contributed by atoms with E-state index in [1.165, 1.54) is 0 Å². The Bertz CT molecular complexity index is 385. The second-order valence-electron chi connectivity index (χ2n) is 4.68. The topological polar surface area (TPSA) is 53.1 Å². The molecule has 17 heavy (non-hydrogen) atoms. The first-order chi connectivity index (χ1) is 8.13. The molecule has 1 fully saturated rings. The third-order valence-corrected chi connectivity index (χ3v) is 3.94. The van der Waals surface area contributed by atoms with E-state index in [9.17, 15) is 0 Å². The Morgan fingerprint density at radius 3 is 2.94 bits per heavy atom. The van der Waals surface area contributed by atoms with Gasteiger partial charge in [0.25, 0.3) is 0 Å². The first-order valence-electron chi connectivity index (χ1n) is 6.17. The molecule has 2 N–H and O–H groups in total. The van der Waals surface area contributed by atoms with Crippen molar-refractivity contribution < 1.29 is 4.74 Å². The van der Waals surface area contributed by atoms with Gasteiger partial charge in [-0.1, -0.05) is 18.5 Å². The third-order valence-electron chi connectivity index (χ3n) is 3.50. The summed E-state index contributed by atoms with van der Waals surface area (Å²) in [6.07, 6.45) is 2.68. The van der Waals surface area contributed by atoms with Crippen molar-refractivity contribution in [2.75, 3.05) is 13.2 Å². The summed E-state index contributed by atoms with van der Waals surface area (Å²) in [4.78, 5) is 0. The molecule has 0 saturated carbocycles. The second-order valence-corrected chi connectivity index (χ2v) is 5.05. The Labute approximate surface area is 107 Å². The van der Waals surface area contributed by atoms with E-state index in [4.69, 9.17) is 22.1 Å². The Morgan fingerprint density at radius 2 is 2.41 bits per heavy atom. The van der Waals surface area contributed by atoms with E-state index >= 15 is 0 Å². The average Bonchev–Trinajstić information content (AvgIpc) is 2.92. The molecule has 0 radical (unpaired) electrons. The van der Waals surface area contributed by atoms with E-state index in [2.05, 4.69) is 12.0 Å². The van der Waals surface area contributed by atoms with Crippen molar-refractivity contribution in [3.05, 3.63) is 16.4 Å². The van der Waals surface area contributed by atoms with Crippen LogP contribution in [0, 0.1) is 5.92 Å². The van der Waals surface area contributed by atoms with Gasteiger partial charge >= 0.3 is 0 Å². The van der Waals surface area contributed by atoms with Gasteiger partial charge in [0.05, 0.1) is 23.0 Å². The summed E-state index contributed by atoms with van der Waals surface area (Å²) >= 11 is 6.31. The van der Waals surface area contributed by atoms with Crippen LogP contribution in [0.15, 0.2) is 0 Å². The van der Waals surface area contributed by atoms with Gasteiger partial charge in [-0.05, 0) is 18.8 Å². The van der Waals surface area contributed by atoms with Crippen molar-refractivity contribution in [3.8, 4) is 0 Å². The van der Waals surface area contributed by atoms with Gasteiger partial charge in [-0.25, -0.2) is 0 Å². The zero-order chi connectivity index (χ0) is 12.4.